The molecular weight excluding hydrogens is 132 g/mol. The Bertz CT molecular complexity index is 208. The van der Waals surface area contributed by atoms with E-state index < -0.39 is 0 Å². The molecule has 0 amide bonds. The summed E-state index contributed by atoms with van der Waals surface area (Å²) in [4.78, 5) is 0. The van der Waals surface area contributed by atoms with Gasteiger partial charge in [-0.3, -0.25) is 0 Å². The fraction of sp³-hybridized carbons (Fsp3) is 1.00. The zero-order valence-electron chi connectivity index (χ0n) is 7.69. The summed E-state index contributed by atoms with van der Waals surface area (Å²) in [6, 6.07) is 0. The van der Waals surface area contributed by atoms with Crippen LogP contribution in [0.5, 0.6) is 0 Å². The average Bonchev–Trinajstić information content (AvgIpc) is 2.28. The van der Waals surface area contributed by atoms with Crippen LogP contribution in [0.2, 0.25) is 0 Å². The summed E-state index contributed by atoms with van der Waals surface area (Å²) < 4.78 is 0. The smallest absolute Gasteiger partial charge is 0.0202 e. The van der Waals surface area contributed by atoms with Gasteiger partial charge < -0.3 is 0 Å². The summed E-state index contributed by atoms with van der Waals surface area (Å²) in [5.41, 5.74) is 1.77. The molecule has 0 aromatic heterocycles. The van der Waals surface area contributed by atoms with Gasteiger partial charge in [-0.15, -0.1) is 0 Å². The van der Waals surface area contributed by atoms with Crippen molar-refractivity contribution in [3.05, 3.63) is 0 Å². The molecule has 0 bridgehead atoms. The molecule has 62 valence electrons. The lowest BCUT2D eigenvalue weighted by atomic mass is 9.68. The van der Waals surface area contributed by atoms with Crippen molar-refractivity contribution in [1.82, 2.24) is 0 Å². The van der Waals surface area contributed by atoms with Crippen LogP contribution in [0.4, 0.5) is 0 Å². The maximum Gasteiger partial charge on any atom is -0.0202 e. The highest BCUT2D eigenvalue weighted by Gasteiger charge is 2.84. The Labute approximate surface area is 69.4 Å². The number of rotatable bonds is 2. The first-order valence-electron chi connectivity index (χ1n) is 5.31. The second kappa shape index (κ2) is 1.53. The molecule has 0 saturated heterocycles. The van der Waals surface area contributed by atoms with Crippen molar-refractivity contribution in [2.45, 2.75) is 46.0 Å². The van der Waals surface area contributed by atoms with Crippen molar-refractivity contribution in [3.63, 3.8) is 0 Å². The topological polar surface area (TPSA) is 0 Å². The first-order valence-corrected chi connectivity index (χ1v) is 5.31. The Hall–Kier alpha value is 0. The van der Waals surface area contributed by atoms with E-state index in [4.69, 9.17) is 0 Å². The number of hydrogen-bond acceptors (Lipinski definition) is 0. The molecule has 0 heteroatoms. The molecule has 0 radical (unpaired) electrons. The van der Waals surface area contributed by atoms with Crippen molar-refractivity contribution in [2.75, 3.05) is 0 Å². The maximum atomic E-state index is 2.41. The van der Waals surface area contributed by atoms with Gasteiger partial charge in [-0.2, -0.15) is 0 Å². The second-order valence-electron chi connectivity index (χ2n) is 5.00. The molecule has 3 fully saturated rings. The molecule has 3 rings (SSSR count). The van der Waals surface area contributed by atoms with E-state index in [0.717, 1.165) is 10.8 Å². The third-order valence-corrected chi connectivity index (χ3v) is 5.42. The summed E-state index contributed by atoms with van der Waals surface area (Å²) in [6.07, 6.45) is 7.69. The Morgan fingerprint density at radius 1 is 1.18 bits per heavy atom. The number of hydrogen-bond donors (Lipinski definition) is 0. The van der Waals surface area contributed by atoms with Gasteiger partial charge >= 0.3 is 0 Å². The summed E-state index contributed by atoms with van der Waals surface area (Å²) in [5.74, 6) is 2.37. The third-order valence-electron chi connectivity index (χ3n) is 5.42. The third kappa shape index (κ3) is 0.400. The lowest BCUT2D eigenvalue weighted by Gasteiger charge is -2.37. The minimum Gasteiger partial charge on any atom is -0.0648 e. The molecule has 3 saturated carbocycles. The Morgan fingerprint density at radius 2 is 1.91 bits per heavy atom. The Morgan fingerprint density at radius 3 is 2.36 bits per heavy atom. The van der Waals surface area contributed by atoms with E-state index in [1.807, 2.05) is 0 Å². The van der Waals surface area contributed by atoms with Gasteiger partial charge in [0.15, 0.2) is 0 Å². The Kier molecular flexibility index (Phi) is 0.906. The molecule has 0 N–H and O–H groups in total. The predicted octanol–water partition coefficient (Wildman–Crippen LogP) is 3.22. The van der Waals surface area contributed by atoms with Crippen molar-refractivity contribution in [2.24, 2.45) is 22.7 Å². The molecule has 3 aliphatic rings. The molecule has 0 aromatic carbocycles. The van der Waals surface area contributed by atoms with Crippen molar-refractivity contribution in [1.29, 1.82) is 0 Å². The predicted molar refractivity (Wildman–Crippen MR) is 46.3 cm³/mol. The van der Waals surface area contributed by atoms with Crippen LogP contribution in [-0.2, 0) is 0 Å². The summed E-state index contributed by atoms with van der Waals surface area (Å²) in [5, 5.41) is 0. The van der Waals surface area contributed by atoms with Crippen LogP contribution in [0.15, 0.2) is 0 Å². The largest absolute Gasteiger partial charge is 0.0648 e. The van der Waals surface area contributed by atoms with Gasteiger partial charge in [0, 0.05) is 0 Å². The van der Waals surface area contributed by atoms with Crippen LogP contribution in [0.25, 0.3) is 0 Å². The second-order valence-corrected chi connectivity index (χ2v) is 5.00. The van der Waals surface area contributed by atoms with E-state index in [0.29, 0.717) is 0 Å². The SMILES string of the molecule is CCC12CCC3CC1(CC)C32. The van der Waals surface area contributed by atoms with E-state index in [-0.39, 0.29) is 0 Å². The Balaban J connectivity index is 1.97. The first-order chi connectivity index (χ1) is 5.31. The highest BCUT2D eigenvalue weighted by molar-refractivity contribution is 5.32. The minimum absolute atomic E-state index is 0.881. The highest BCUT2D eigenvalue weighted by atomic mass is 14.9. The normalized spacial score (nSPS) is 63.8. The zero-order valence-corrected chi connectivity index (χ0v) is 7.69. The molecule has 0 aromatic rings. The molecule has 11 heavy (non-hydrogen) atoms. The van der Waals surface area contributed by atoms with E-state index >= 15 is 0 Å². The van der Waals surface area contributed by atoms with Gasteiger partial charge in [-0.25, -0.2) is 0 Å². The van der Waals surface area contributed by atoms with Crippen LogP contribution in [0.1, 0.15) is 46.0 Å². The summed E-state index contributed by atoms with van der Waals surface area (Å²) >= 11 is 0. The van der Waals surface area contributed by atoms with E-state index in [1.165, 1.54) is 24.7 Å². The zero-order chi connectivity index (χ0) is 7.69. The van der Waals surface area contributed by atoms with Crippen molar-refractivity contribution < 1.29 is 0 Å². The molecule has 4 unspecified atom stereocenters. The molecule has 0 spiro atoms. The monoisotopic (exact) mass is 150 g/mol. The van der Waals surface area contributed by atoms with E-state index in [9.17, 15) is 0 Å². The van der Waals surface area contributed by atoms with Crippen LogP contribution in [0, 0.1) is 22.7 Å². The fourth-order valence-electron chi connectivity index (χ4n) is 5.02. The molecule has 3 aliphatic carbocycles. The quantitative estimate of drug-likeness (QED) is 0.567. The lowest BCUT2D eigenvalue weighted by molar-refractivity contribution is 0.127. The number of fused-ring (bicyclic) bond motifs is 1. The first kappa shape index (κ1) is 6.51. The summed E-state index contributed by atoms with van der Waals surface area (Å²) in [7, 11) is 0. The molecule has 0 heterocycles. The maximum absolute atomic E-state index is 2.41. The van der Waals surface area contributed by atoms with E-state index in [2.05, 4.69) is 13.8 Å². The van der Waals surface area contributed by atoms with Crippen LogP contribution in [-0.4, -0.2) is 0 Å². The lowest BCUT2D eigenvalue weighted by Crippen LogP contribution is -2.28. The molecule has 4 atom stereocenters. The van der Waals surface area contributed by atoms with E-state index in [1.54, 1.807) is 19.3 Å². The molecule has 0 aliphatic heterocycles. The van der Waals surface area contributed by atoms with Crippen LogP contribution in [0.3, 0.4) is 0 Å². The average molecular weight is 150 g/mol. The van der Waals surface area contributed by atoms with Crippen molar-refractivity contribution in [3.8, 4) is 0 Å². The van der Waals surface area contributed by atoms with Gasteiger partial charge in [0.25, 0.3) is 0 Å². The van der Waals surface area contributed by atoms with Gasteiger partial charge in [-0.05, 0) is 54.8 Å². The van der Waals surface area contributed by atoms with Crippen molar-refractivity contribution >= 4 is 0 Å². The van der Waals surface area contributed by atoms with Crippen LogP contribution >= 0.6 is 0 Å². The van der Waals surface area contributed by atoms with Crippen LogP contribution < -0.4 is 0 Å². The van der Waals surface area contributed by atoms with Gasteiger partial charge in [0.1, 0.15) is 0 Å². The fourth-order valence-corrected chi connectivity index (χ4v) is 5.02. The van der Waals surface area contributed by atoms with Gasteiger partial charge in [-0.1, -0.05) is 13.8 Å². The summed E-state index contributed by atoms with van der Waals surface area (Å²) in [6.45, 7) is 4.82. The standard InChI is InChI=1S/C11H18/c1-3-10-6-5-8-7-11(10,4-2)9(8)10/h8-9H,3-7H2,1-2H3. The highest BCUT2D eigenvalue weighted by Crippen LogP contribution is 2.91. The molecule has 0 nitrogen and oxygen atoms in total. The molecular formula is C11H18. The van der Waals surface area contributed by atoms with Gasteiger partial charge in [0.05, 0.1) is 0 Å². The minimum atomic E-state index is 0.881. The van der Waals surface area contributed by atoms with Gasteiger partial charge in [0.2, 0.25) is 0 Å².